The zero-order valence-electron chi connectivity index (χ0n) is 20.5. The van der Waals surface area contributed by atoms with Gasteiger partial charge in [0.1, 0.15) is 17.1 Å². The van der Waals surface area contributed by atoms with Gasteiger partial charge >= 0.3 is 0 Å². The van der Waals surface area contributed by atoms with Crippen LogP contribution in [0, 0.1) is 17.2 Å². The number of nitrogens with zero attached hydrogens (tertiary/aromatic N) is 5. The van der Waals surface area contributed by atoms with E-state index in [9.17, 15) is 14.9 Å². The standard InChI is InChI=1S/C27H29N7O3/c28-13-10-27(34-18-23(24(29)35)25(32-34)31-26(36)19-6-7-19)11-14-33(15-12-27)17-20-8-9-22(16-30-20)37-21-4-2-1-3-5-21/h1-5,8-9,16,18-19H,6-7,10-12,14-15,17H2,(H2,29,35)(H,31,32,36). The summed E-state index contributed by atoms with van der Waals surface area (Å²) in [5.74, 6) is 0.767. The number of likely N-dealkylation sites (tertiary alicyclic amines) is 1. The van der Waals surface area contributed by atoms with Crippen LogP contribution in [-0.2, 0) is 16.9 Å². The number of amides is 2. The Balaban J connectivity index is 1.24. The summed E-state index contributed by atoms with van der Waals surface area (Å²) in [6, 6.07) is 15.7. The predicted octanol–water partition coefficient (Wildman–Crippen LogP) is 3.42. The Labute approximate surface area is 215 Å². The molecule has 2 amide bonds. The van der Waals surface area contributed by atoms with Crippen LogP contribution in [0.15, 0.2) is 54.9 Å². The third-order valence-electron chi connectivity index (χ3n) is 7.01. The average molecular weight is 500 g/mol. The van der Waals surface area contributed by atoms with Gasteiger partial charge in [-0.1, -0.05) is 18.2 Å². The molecule has 10 nitrogen and oxygen atoms in total. The number of ether oxygens (including phenoxy) is 1. The Morgan fingerprint density at radius 1 is 1.14 bits per heavy atom. The van der Waals surface area contributed by atoms with Gasteiger partial charge in [0, 0.05) is 31.7 Å². The summed E-state index contributed by atoms with van der Waals surface area (Å²) in [7, 11) is 0. The molecule has 37 heavy (non-hydrogen) atoms. The smallest absolute Gasteiger partial charge is 0.254 e. The Kier molecular flexibility index (Phi) is 6.88. The van der Waals surface area contributed by atoms with Gasteiger partial charge in [0.05, 0.1) is 29.9 Å². The molecule has 2 aliphatic rings. The molecule has 5 rings (SSSR count). The fourth-order valence-electron chi connectivity index (χ4n) is 4.63. The molecule has 10 heteroatoms. The third-order valence-corrected chi connectivity index (χ3v) is 7.01. The van der Waals surface area contributed by atoms with E-state index in [0.717, 1.165) is 37.4 Å². The van der Waals surface area contributed by atoms with E-state index >= 15 is 0 Å². The number of rotatable bonds is 9. The number of nitriles is 1. The lowest BCUT2D eigenvalue weighted by Gasteiger charge is -2.40. The number of nitrogens with two attached hydrogens (primary N) is 1. The van der Waals surface area contributed by atoms with Crippen molar-refractivity contribution < 1.29 is 14.3 Å². The van der Waals surface area contributed by atoms with Gasteiger partial charge in [-0.15, -0.1) is 0 Å². The van der Waals surface area contributed by atoms with Crippen molar-refractivity contribution in [3.8, 4) is 17.6 Å². The second-order valence-corrected chi connectivity index (χ2v) is 9.70. The fourth-order valence-corrected chi connectivity index (χ4v) is 4.63. The number of anilines is 1. The lowest BCUT2D eigenvalue weighted by atomic mass is 9.85. The van der Waals surface area contributed by atoms with Crippen LogP contribution in [0.2, 0.25) is 0 Å². The molecule has 3 N–H and O–H groups in total. The highest BCUT2D eigenvalue weighted by Crippen LogP contribution is 2.36. The van der Waals surface area contributed by atoms with E-state index in [-0.39, 0.29) is 29.6 Å². The maximum absolute atomic E-state index is 12.3. The van der Waals surface area contributed by atoms with Crippen LogP contribution in [-0.4, -0.2) is 44.6 Å². The van der Waals surface area contributed by atoms with Crippen molar-refractivity contribution in [2.45, 2.75) is 44.2 Å². The Morgan fingerprint density at radius 2 is 1.89 bits per heavy atom. The van der Waals surface area contributed by atoms with Gasteiger partial charge in [0.2, 0.25) is 5.91 Å². The minimum Gasteiger partial charge on any atom is -0.456 e. The highest BCUT2D eigenvalue weighted by atomic mass is 16.5. The molecule has 0 bridgehead atoms. The first-order valence-corrected chi connectivity index (χ1v) is 12.4. The molecule has 190 valence electrons. The molecule has 3 aromatic rings. The van der Waals surface area contributed by atoms with Crippen LogP contribution in [0.1, 0.15) is 48.2 Å². The van der Waals surface area contributed by atoms with Crippen molar-refractivity contribution in [3.05, 3.63) is 66.1 Å². The first kappa shape index (κ1) is 24.5. The minimum atomic E-state index is -0.660. The molecule has 3 heterocycles. The van der Waals surface area contributed by atoms with E-state index in [4.69, 9.17) is 10.5 Å². The van der Waals surface area contributed by atoms with Gasteiger partial charge in [-0.2, -0.15) is 10.4 Å². The number of hydrogen-bond donors (Lipinski definition) is 2. The van der Waals surface area contributed by atoms with Crippen LogP contribution in [0.5, 0.6) is 11.5 Å². The second-order valence-electron chi connectivity index (χ2n) is 9.70. The third kappa shape index (κ3) is 5.62. The Morgan fingerprint density at radius 3 is 2.51 bits per heavy atom. The van der Waals surface area contributed by atoms with Gasteiger partial charge in [-0.05, 0) is 49.9 Å². The topological polar surface area (TPSA) is 139 Å². The van der Waals surface area contributed by atoms with Gasteiger partial charge in [-0.25, -0.2) is 0 Å². The summed E-state index contributed by atoms with van der Waals surface area (Å²) in [5, 5.41) is 16.9. The van der Waals surface area contributed by atoms with Crippen LogP contribution in [0.25, 0.3) is 0 Å². The predicted molar refractivity (Wildman–Crippen MR) is 136 cm³/mol. The van der Waals surface area contributed by atoms with Crippen molar-refractivity contribution in [1.82, 2.24) is 19.7 Å². The zero-order chi connectivity index (χ0) is 25.8. The van der Waals surface area contributed by atoms with Gasteiger partial charge in [-0.3, -0.25) is 24.2 Å². The molecule has 1 aliphatic heterocycles. The first-order chi connectivity index (χ1) is 18.0. The maximum atomic E-state index is 12.3. The summed E-state index contributed by atoms with van der Waals surface area (Å²) >= 11 is 0. The Hall–Kier alpha value is -4.23. The second kappa shape index (κ2) is 10.4. The molecule has 0 unspecified atom stereocenters. The lowest BCUT2D eigenvalue weighted by Crippen LogP contribution is -2.46. The normalized spacial score (nSPS) is 17.1. The Bertz CT molecular complexity index is 1300. The SMILES string of the molecule is N#CCC1(n2cc(C(N)=O)c(NC(=O)C3CC3)n2)CCN(Cc2ccc(Oc3ccccc3)cn2)CC1. The van der Waals surface area contributed by atoms with E-state index in [2.05, 4.69) is 26.4 Å². The number of carbonyl (C=O) groups excluding carboxylic acids is 2. The molecule has 1 saturated heterocycles. The summed E-state index contributed by atoms with van der Waals surface area (Å²) in [6.45, 7) is 2.12. The number of nitrogens with one attached hydrogen (secondary N) is 1. The summed E-state index contributed by atoms with van der Waals surface area (Å²) in [5.41, 5.74) is 6.07. The van der Waals surface area contributed by atoms with Crippen molar-refractivity contribution in [3.63, 3.8) is 0 Å². The average Bonchev–Trinajstić information content (AvgIpc) is 3.67. The number of carbonyl (C=O) groups is 2. The molecule has 2 fully saturated rings. The number of pyridine rings is 1. The van der Waals surface area contributed by atoms with Crippen molar-refractivity contribution >= 4 is 17.6 Å². The molecule has 1 saturated carbocycles. The molecule has 1 aliphatic carbocycles. The van der Waals surface area contributed by atoms with Crippen molar-refractivity contribution in [2.75, 3.05) is 18.4 Å². The molecule has 0 spiro atoms. The van der Waals surface area contributed by atoms with E-state index in [1.165, 1.54) is 0 Å². The molecule has 1 aromatic carbocycles. The molecular formula is C27H29N7O3. The zero-order valence-corrected chi connectivity index (χ0v) is 20.5. The molecule has 0 radical (unpaired) electrons. The van der Waals surface area contributed by atoms with Gasteiger partial charge in [0.25, 0.3) is 5.91 Å². The molecule has 0 atom stereocenters. The largest absolute Gasteiger partial charge is 0.456 e. The number of para-hydroxylation sites is 1. The highest BCUT2D eigenvalue weighted by Gasteiger charge is 2.39. The maximum Gasteiger partial charge on any atom is 0.254 e. The van der Waals surface area contributed by atoms with E-state index in [1.54, 1.807) is 17.1 Å². The monoisotopic (exact) mass is 499 g/mol. The highest BCUT2D eigenvalue weighted by molar-refractivity contribution is 6.02. The lowest BCUT2D eigenvalue weighted by molar-refractivity contribution is -0.117. The number of benzene rings is 1. The van der Waals surface area contributed by atoms with Crippen molar-refractivity contribution in [2.24, 2.45) is 11.7 Å². The van der Waals surface area contributed by atoms with E-state index in [1.807, 2.05) is 42.5 Å². The summed E-state index contributed by atoms with van der Waals surface area (Å²) < 4.78 is 7.49. The number of hydrogen-bond acceptors (Lipinski definition) is 7. The number of aromatic nitrogens is 3. The quantitative estimate of drug-likeness (QED) is 0.460. The number of piperidine rings is 1. The van der Waals surface area contributed by atoms with Crippen LogP contribution < -0.4 is 15.8 Å². The van der Waals surface area contributed by atoms with E-state index in [0.29, 0.717) is 25.1 Å². The van der Waals surface area contributed by atoms with Crippen LogP contribution in [0.3, 0.4) is 0 Å². The van der Waals surface area contributed by atoms with Gasteiger partial charge in [0.15, 0.2) is 5.82 Å². The van der Waals surface area contributed by atoms with Crippen molar-refractivity contribution in [1.29, 1.82) is 5.26 Å². The fraction of sp³-hybridized carbons (Fsp3) is 0.370. The molecule has 2 aromatic heterocycles. The van der Waals surface area contributed by atoms with Gasteiger partial charge < -0.3 is 15.8 Å². The van der Waals surface area contributed by atoms with Crippen LogP contribution in [0.4, 0.5) is 5.82 Å². The summed E-state index contributed by atoms with van der Waals surface area (Å²) in [4.78, 5) is 31.2. The first-order valence-electron chi connectivity index (χ1n) is 12.4. The minimum absolute atomic E-state index is 0.0326. The molecular weight excluding hydrogens is 470 g/mol. The van der Waals surface area contributed by atoms with E-state index < -0.39 is 11.4 Å². The summed E-state index contributed by atoms with van der Waals surface area (Å²) in [6.07, 6.45) is 6.52. The van der Waals surface area contributed by atoms with Crippen LogP contribution >= 0.6 is 0 Å². The number of primary amides is 1.